The van der Waals surface area contributed by atoms with E-state index in [0.717, 1.165) is 17.1 Å². The number of hydrogen-bond donors (Lipinski definition) is 3. The van der Waals surface area contributed by atoms with E-state index in [2.05, 4.69) is 30.7 Å². The Morgan fingerprint density at radius 2 is 2.03 bits per heavy atom. The van der Waals surface area contributed by atoms with Gasteiger partial charge in [0, 0.05) is 30.4 Å². The van der Waals surface area contributed by atoms with Crippen molar-refractivity contribution in [2.75, 3.05) is 31.3 Å². The minimum Gasteiger partial charge on any atom is -0.391 e. The molecule has 0 bridgehead atoms. The maximum absolute atomic E-state index is 14.8. The first kappa shape index (κ1) is 24.9. The molecule has 0 radical (unpaired) electrons. The Morgan fingerprint density at radius 1 is 1.22 bits per heavy atom. The molecule has 0 fully saturated rings. The summed E-state index contributed by atoms with van der Waals surface area (Å²) in [7, 11) is 3.83. The summed E-state index contributed by atoms with van der Waals surface area (Å²) in [5, 5.41) is 20.2. The van der Waals surface area contributed by atoms with Gasteiger partial charge in [0.05, 0.1) is 42.6 Å². The van der Waals surface area contributed by atoms with Crippen molar-refractivity contribution in [1.29, 1.82) is 0 Å². The number of aliphatic hydroxyl groups excluding tert-OH is 1. The number of carbonyl (C=O) groups is 1. The summed E-state index contributed by atoms with van der Waals surface area (Å²) in [6.45, 7) is 4.53. The van der Waals surface area contributed by atoms with Gasteiger partial charge in [0.1, 0.15) is 5.65 Å². The number of hydrogen-bond acceptors (Lipinski definition) is 8. The summed E-state index contributed by atoms with van der Waals surface area (Å²) in [6.07, 6.45) is 10.3. The largest absolute Gasteiger partial charge is 0.391 e. The predicted molar refractivity (Wildman–Crippen MR) is 135 cm³/mol. The third kappa shape index (κ3) is 5.90. The number of aromatic nitrogens is 6. The second-order valence-corrected chi connectivity index (χ2v) is 8.72. The van der Waals surface area contributed by atoms with Crippen LogP contribution in [0.1, 0.15) is 12.5 Å². The summed E-state index contributed by atoms with van der Waals surface area (Å²) < 4.78 is 17.9. The molecule has 0 saturated heterocycles. The van der Waals surface area contributed by atoms with Crippen LogP contribution in [0.4, 0.5) is 21.7 Å². The SMILES string of the molecule is Cc1cn(-c2nc(Nc3cnn(C[C@@H](C)O)c3)ncc2F)c2ncc(NC(=O)/C=C/CN(C)C)cc12. The molecular formula is C24H28FN9O2. The van der Waals surface area contributed by atoms with E-state index in [1.165, 1.54) is 12.3 Å². The molecule has 11 nitrogen and oxygen atoms in total. The number of anilines is 3. The highest BCUT2D eigenvalue weighted by Crippen LogP contribution is 2.26. The van der Waals surface area contributed by atoms with Gasteiger partial charge in [-0.05, 0) is 39.6 Å². The van der Waals surface area contributed by atoms with Crippen molar-refractivity contribution in [3.63, 3.8) is 0 Å². The minimum atomic E-state index is -0.618. The van der Waals surface area contributed by atoms with E-state index in [9.17, 15) is 14.3 Å². The second-order valence-electron chi connectivity index (χ2n) is 8.72. The van der Waals surface area contributed by atoms with Crippen LogP contribution >= 0.6 is 0 Å². The molecule has 0 spiro atoms. The number of likely N-dealkylation sites (N-methyl/N-ethyl adjacent to an activating group) is 1. The molecular weight excluding hydrogens is 465 g/mol. The molecule has 4 aromatic heterocycles. The molecule has 0 aliphatic rings. The van der Waals surface area contributed by atoms with Crippen molar-refractivity contribution < 1.29 is 14.3 Å². The molecule has 4 heterocycles. The maximum atomic E-state index is 14.8. The van der Waals surface area contributed by atoms with Gasteiger partial charge in [0.15, 0.2) is 11.6 Å². The summed E-state index contributed by atoms with van der Waals surface area (Å²) in [5.74, 6) is -0.675. The standard InChI is InChI=1S/C24H28FN9O2/c1-15-12-34(22-19(15)8-17(9-26-22)29-21(36)6-5-7-32(3)4)23-20(25)11-27-24(31-23)30-18-10-28-33(14-18)13-16(2)35/h5-6,8-12,14,16,35H,7,13H2,1-4H3,(H,29,36)(H,27,30,31)/b6-5+/t16-/m1/s1. The molecule has 0 aromatic carbocycles. The Hall–Kier alpha value is -4.16. The number of fused-ring (bicyclic) bond motifs is 1. The van der Waals surface area contributed by atoms with Crippen molar-refractivity contribution in [3.05, 3.63) is 60.6 Å². The lowest BCUT2D eigenvalue weighted by atomic mass is 10.2. The lowest BCUT2D eigenvalue weighted by Gasteiger charge is -2.09. The average molecular weight is 494 g/mol. The van der Waals surface area contributed by atoms with E-state index in [0.29, 0.717) is 30.1 Å². The van der Waals surface area contributed by atoms with Crippen LogP contribution in [0.3, 0.4) is 0 Å². The Labute approximate surface area is 207 Å². The van der Waals surface area contributed by atoms with Gasteiger partial charge in [0.25, 0.3) is 0 Å². The van der Waals surface area contributed by atoms with Gasteiger partial charge >= 0.3 is 0 Å². The first-order valence-corrected chi connectivity index (χ1v) is 11.3. The van der Waals surface area contributed by atoms with E-state index in [1.54, 1.807) is 46.9 Å². The molecule has 12 heteroatoms. The fraction of sp³-hybridized carbons (Fsp3) is 0.292. The summed E-state index contributed by atoms with van der Waals surface area (Å²) >= 11 is 0. The fourth-order valence-electron chi connectivity index (χ4n) is 3.56. The van der Waals surface area contributed by atoms with Gasteiger partial charge in [0.2, 0.25) is 11.9 Å². The van der Waals surface area contributed by atoms with Gasteiger partial charge in [-0.15, -0.1) is 0 Å². The van der Waals surface area contributed by atoms with Crippen LogP contribution in [0, 0.1) is 12.7 Å². The lowest BCUT2D eigenvalue weighted by molar-refractivity contribution is -0.111. The second kappa shape index (κ2) is 10.6. The van der Waals surface area contributed by atoms with Gasteiger partial charge in [-0.2, -0.15) is 10.1 Å². The van der Waals surface area contributed by atoms with Crippen LogP contribution in [-0.4, -0.2) is 72.0 Å². The van der Waals surface area contributed by atoms with Crippen molar-refractivity contribution >= 4 is 34.3 Å². The number of pyridine rings is 1. The molecule has 4 aromatic rings. The number of aryl methyl sites for hydroxylation is 1. The van der Waals surface area contributed by atoms with E-state index in [1.807, 2.05) is 25.9 Å². The zero-order chi connectivity index (χ0) is 25.8. The van der Waals surface area contributed by atoms with E-state index in [-0.39, 0.29) is 17.7 Å². The van der Waals surface area contributed by atoms with Crippen LogP contribution < -0.4 is 10.6 Å². The molecule has 4 rings (SSSR count). The van der Waals surface area contributed by atoms with Gasteiger partial charge < -0.3 is 20.6 Å². The molecule has 0 aliphatic heterocycles. The highest BCUT2D eigenvalue weighted by molar-refractivity contribution is 6.00. The summed E-state index contributed by atoms with van der Waals surface area (Å²) in [6, 6.07) is 1.79. The monoisotopic (exact) mass is 493 g/mol. The number of halogens is 1. The number of nitrogens with zero attached hydrogens (tertiary/aromatic N) is 7. The molecule has 0 aliphatic carbocycles. The summed E-state index contributed by atoms with van der Waals surface area (Å²) in [4.78, 5) is 27.0. The van der Waals surface area contributed by atoms with E-state index < -0.39 is 11.9 Å². The Bertz CT molecular complexity index is 1410. The molecule has 1 amide bonds. The number of aliphatic hydroxyl groups is 1. The third-order valence-electron chi connectivity index (χ3n) is 5.14. The third-order valence-corrected chi connectivity index (χ3v) is 5.14. The van der Waals surface area contributed by atoms with Crippen molar-refractivity contribution in [1.82, 2.24) is 34.2 Å². The molecule has 3 N–H and O–H groups in total. The molecule has 1 atom stereocenters. The summed E-state index contributed by atoms with van der Waals surface area (Å²) in [5.41, 5.74) is 2.45. The van der Waals surface area contributed by atoms with Crippen LogP contribution in [0.25, 0.3) is 16.9 Å². The topological polar surface area (TPSA) is 126 Å². The van der Waals surface area contributed by atoms with Crippen molar-refractivity contribution in [2.24, 2.45) is 0 Å². The van der Waals surface area contributed by atoms with Crippen LogP contribution in [0.5, 0.6) is 0 Å². The highest BCUT2D eigenvalue weighted by atomic mass is 19.1. The molecule has 36 heavy (non-hydrogen) atoms. The van der Waals surface area contributed by atoms with E-state index in [4.69, 9.17) is 0 Å². The Kier molecular flexibility index (Phi) is 7.36. The zero-order valence-electron chi connectivity index (χ0n) is 20.5. The Balaban J connectivity index is 1.58. The number of rotatable bonds is 9. The number of carbonyl (C=O) groups excluding carboxylic acids is 1. The first-order chi connectivity index (χ1) is 17.2. The quantitative estimate of drug-likeness (QED) is 0.304. The smallest absolute Gasteiger partial charge is 0.248 e. The highest BCUT2D eigenvalue weighted by Gasteiger charge is 2.16. The first-order valence-electron chi connectivity index (χ1n) is 11.3. The van der Waals surface area contributed by atoms with Crippen LogP contribution in [0.2, 0.25) is 0 Å². The fourth-order valence-corrected chi connectivity index (χ4v) is 3.56. The molecule has 0 saturated carbocycles. The average Bonchev–Trinajstić information content (AvgIpc) is 3.38. The van der Waals surface area contributed by atoms with Crippen LogP contribution in [-0.2, 0) is 11.3 Å². The van der Waals surface area contributed by atoms with Gasteiger partial charge in [-0.25, -0.2) is 14.4 Å². The minimum absolute atomic E-state index is 0.0258. The lowest BCUT2D eigenvalue weighted by Crippen LogP contribution is -2.13. The normalized spacial score (nSPS) is 12.5. The van der Waals surface area contributed by atoms with Crippen molar-refractivity contribution in [2.45, 2.75) is 26.5 Å². The Morgan fingerprint density at radius 3 is 2.78 bits per heavy atom. The van der Waals surface area contributed by atoms with Gasteiger partial charge in [-0.3, -0.25) is 14.0 Å². The zero-order valence-corrected chi connectivity index (χ0v) is 20.5. The maximum Gasteiger partial charge on any atom is 0.248 e. The number of nitrogens with one attached hydrogen (secondary N) is 2. The van der Waals surface area contributed by atoms with Gasteiger partial charge in [-0.1, -0.05) is 6.08 Å². The van der Waals surface area contributed by atoms with Crippen molar-refractivity contribution in [3.8, 4) is 5.82 Å². The molecule has 0 unspecified atom stereocenters. The van der Waals surface area contributed by atoms with Crippen LogP contribution in [0.15, 0.2) is 49.2 Å². The van der Waals surface area contributed by atoms with E-state index >= 15 is 0 Å². The predicted octanol–water partition coefficient (Wildman–Crippen LogP) is 2.64. The number of amides is 1. The molecule has 188 valence electrons.